The van der Waals surface area contributed by atoms with Gasteiger partial charge in [-0.2, -0.15) is 0 Å². The summed E-state index contributed by atoms with van der Waals surface area (Å²) in [6.07, 6.45) is 70.1. The smallest absolute Gasteiger partial charge is 0.462 e. The van der Waals surface area contributed by atoms with Crippen LogP contribution in [0.1, 0.15) is 420 Å². The topological polar surface area (TPSA) is 237 Å². The fraction of sp³-hybridized carbons (Fsp3) is 0.904. The third kappa shape index (κ3) is 75.8. The first kappa shape index (κ1) is 99.5. The van der Waals surface area contributed by atoms with Gasteiger partial charge >= 0.3 is 39.5 Å². The summed E-state index contributed by atoms with van der Waals surface area (Å²) in [5.41, 5.74) is 0. The average Bonchev–Trinajstić information content (AvgIpc) is 0.910. The van der Waals surface area contributed by atoms with E-state index >= 15 is 0 Å². The zero-order valence-electron chi connectivity index (χ0n) is 66.2. The van der Waals surface area contributed by atoms with Crippen molar-refractivity contribution in [2.45, 2.75) is 438 Å². The van der Waals surface area contributed by atoms with Crippen LogP contribution in [0, 0.1) is 5.92 Å². The molecule has 0 aromatic rings. The first-order valence-corrected chi connectivity index (χ1v) is 45.4. The highest BCUT2D eigenvalue weighted by Crippen LogP contribution is 2.45. The van der Waals surface area contributed by atoms with E-state index in [1.807, 2.05) is 0 Å². The number of allylic oxidation sites excluding steroid dienone is 4. The van der Waals surface area contributed by atoms with Gasteiger partial charge in [-0.05, 0) is 57.3 Å². The van der Waals surface area contributed by atoms with Gasteiger partial charge in [-0.25, -0.2) is 9.13 Å². The summed E-state index contributed by atoms with van der Waals surface area (Å²) < 4.78 is 68.7. The molecule has 0 aliphatic heterocycles. The second-order valence-electron chi connectivity index (χ2n) is 29.7. The SMILES string of the molecule is CCCCCC/C=C\C=C/CCCCCCCC(=O)O[C@H](COC(=O)CCCCCCCCCCCCC)COP(=O)(O)OC[C@H](O)COP(=O)(O)OC[C@@H](COC(=O)CCCCCCCCCCCCCCCCCCCC)OC(=O)CCCCCCCCCCCCCCCCCC(C)C. The van der Waals surface area contributed by atoms with Crippen LogP contribution in [0.5, 0.6) is 0 Å². The number of aliphatic hydroxyl groups excluding tert-OH is 1. The lowest BCUT2D eigenvalue weighted by Gasteiger charge is -2.21. The summed E-state index contributed by atoms with van der Waals surface area (Å²) in [4.78, 5) is 73.1. The molecule has 602 valence electrons. The summed E-state index contributed by atoms with van der Waals surface area (Å²) in [5, 5.41) is 10.7. The monoisotopic (exact) mass is 1490 g/mol. The minimum Gasteiger partial charge on any atom is -0.462 e. The van der Waals surface area contributed by atoms with Gasteiger partial charge in [0.15, 0.2) is 12.2 Å². The molecule has 0 aromatic heterocycles. The predicted octanol–water partition coefficient (Wildman–Crippen LogP) is 24.8. The molecule has 3 N–H and O–H groups in total. The Hall–Kier alpha value is -2.46. The molecule has 0 aromatic carbocycles. The van der Waals surface area contributed by atoms with E-state index < -0.39 is 97.5 Å². The Morgan fingerprint density at radius 3 is 0.804 bits per heavy atom. The number of rotatable bonds is 81. The maximum absolute atomic E-state index is 13.1. The average molecular weight is 1490 g/mol. The van der Waals surface area contributed by atoms with Crippen LogP contribution in [-0.4, -0.2) is 96.7 Å². The zero-order chi connectivity index (χ0) is 74.8. The summed E-state index contributed by atoms with van der Waals surface area (Å²) in [6, 6.07) is 0. The molecule has 0 amide bonds. The number of aliphatic hydroxyl groups is 1. The van der Waals surface area contributed by atoms with Crippen molar-refractivity contribution in [3.05, 3.63) is 24.3 Å². The van der Waals surface area contributed by atoms with Crippen molar-refractivity contribution in [1.82, 2.24) is 0 Å². The molecule has 0 saturated carbocycles. The van der Waals surface area contributed by atoms with Crippen molar-refractivity contribution in [2.24, 2.45) is 5.92 Å². The van der Waals surface area contributed by atoms with Crippen molar-refractivity contribution in [3.8, 4) is 0 Å². The van der Waals surface area contributed by atoms with Gasteiger partial charge < -0.3 is 33.8 Å². The largest absolute Gasteiger partial charge is 0.472 e. The highest BCUT2D eigenvalue weighted by Gasteiger charge is 2.30. The Morgan fingerprint density at radius 1 is 0.304 bits per heavy atom. The second kappa shape index (κ2) is 75.4. The van der Waals surface area contributed by atoms with Crippen LogP contribution in [0.15, 0.2) is 24.3 Å². The van der Waals surface area contributed by atoms with Crippen LogP contribution in [0.25, 0.3) is 0 Å². The van der Waals surface area contributed by atoms with Crippen LogP contribution in [-0.2, 0) is 65.4 Å². The number of unbranched alkanes of at least 4 members (excludes halogenated alkanes) is 50. The zero-order valence-corrected chi connectivity index (χ0v) is 68.0. The summed E-state index contributed by atoms with van der Waals surface area (Å²) in [7, 11) is -9.93. The molecule has 0 spiro atoms. The third-order valence-corrected chi connectivity index (χ3v) is 20.8. The minimum atomic E-state index is -4.97. The molecule has 19 heteroatoms. The van der Waals surface area contributed by atoms with E-state index in [0.717, 1.165) is 109 Å². The van der Waals surface area contributed by atoms with E-state index in [0.29, 0.717) is 25.7 Å². The first-order chi connectivity index (χ1) is 49.5. The fourth-order valence-corrected chi connectivity index (χ4v) is 14.0. The summed E-state index contributed by atoms with van der Waals surface area (Å²) in [5.74, 6) is -1.33. The molecule has 2 unspecified atom stereocenters. The van der Waals surface area contributed by atoms with Crippen molar-refractivity contribution >= 4 is 39.5 Å². The van der Waals surface area contributed by atoms with Gasteiger partial charge in [0, 0.05) is 25.7 Å². The van der Waals surface area contributed by atoms with Crippen LogP contribution in [0.3, 0.4) is 0 Å². The Kier molecular flexibility index (Phi) is 73.5. The number of phosphoric acid groups is 2. The molecule has 17 nitrogen and oxygen atoms in total. The van der Waals surface area contributed by atoms with E-state index in [1.165, 1.54) is 231 Å². The Labute approximate surface area is 624 Å². The summed E-state index contributed by atoms with van der Waals surface area (Å²) >= 11 is 0. The number of esters is 4. The molecule has 0 aliphatic carbocycles. The van der Waals surface area contributed by atoms with Gasteiger partial charge in [-0.15, -0.1) is 0 Å². The van der Waals surface area contributed by atoms with Crippen LogP contribution >= 0.6 is 15.6 Å². The van der Waals surface area contributed by atoms with Crippen molar-refractivity contribution in [2.75, 3.05) is 39.6 Å². The van der Waals surface area contributed by atoms with Crippen molar-refractivity contribution < 1.29 is 80.2 Å². The molecule has 0 aliphatic rings. The Bertz CT molecular complexity index is 2040. The highest BCUT2D eigenvalue weighted by molar-refractivity contribution is 7.47. The lowest BCUT2D eigenvalue weighted by Crippen LogP contribution is -2.30. The number of ether oxygens (including phenoxy) is 4. The Morgan fingerprint density at radius 2 is 0.529 bits per heavy atom. The van der Waals surface area contributed by atoms with E-state index in [1.54, 1.807) is 0 Å². The maximum Gasteiger partial charge on any atom is 0.472 e. The standard InChI is InChI=1S/C83H158O17P2/c1-6-9-12-15-18-21-24-26-28-29-30-34-37-42-47-52-57-62-67-81(86)94-73-79(100-83(88)69-64-59-54-49-44-39-35-31-33-36-41-45-50-55-60-65-76(4)5)75-98-102(91,92)96-71-77(84)70-95-101(89,90)97-74-78(72-93-80(85)66-61-56-51-46-40-23-20-17-14-11-8-3)99-82(87)68-63-58-53-48-43-38-32-27-25-22-19-16-13-10-7-2/h22,25,27,32,76-79,84H,6-21,23-24,26,28-31,33-75H2,1-5H3,(H,89,90)(H,91,92)/b25-22-,32-27-/t77-,78+,79+/m0/s1. The minimum absolute atomic E-state index is 0.0857. The first-order valence-electron chi connectivity index (χ1n) is 42.5. The van der Waals surface area contributed by atoms with Crippen molar-refractivity contribution in [1.29, 1.82) is 0 Å². The Balaban J connectivity index is 5.28. The number of carbonyl (C=O) groups excluding carboxylic acids is 4. The van der Waals surface area contributed by atoms with Gasteiger partial charge in [0.25, 0.3) is 0 Å². The van der Waals surface area contributed by atoms with Crippen LogP contribution < -0.4 is 0 Å². The lowest BCUT2D eigenvalue weighted by atomic mass is 10.0. The molecule has 102 heavy (non-hydrogen) atoms. The summed E-state index contributed by atoms with van der Waals surface area (Å²) in [6.45, 7) is 7.30. The second-order valence-corrected chi connectivity index (χ2v) is 32.6. The van der Waals surface area contributed by atoms with Gasteiger partial charge in [-0.1, -0.05) is 367 Å². The molecule has 0 saturated heterocycles. The normalized spacial score (nSPS) is 14.0. The molecular weight excluding hydrogens is 1330 g/mol. The van der Waals surface area contributed by atoms with Gasteiger partial charge in [0.1, 0.15) is 19.3 Å². The molecule has 0 rings (SSSR count). The van der Waals surface area contributed by atoms with Crippen LogP contribution in [0.4, 0.5) is 0 Å². The van der Waals surface area contributed by atoms with Gasteiger partial charge in [0.2, 0.25) is 0 Å². The molecule has 0 bridgehead atoms. The van der Waals surface area contributed by atoms with Gasteiger partial charge in [0.05, 0.1) is 26.4 Å². The molecule has 0 radical (unpaired) electrons. The highest BCUT2D eigenvalue weighted by atomic mass is 31.2. The number of phosphoric ester groups is 2. The third-order valence-electron chi connectivity index (χ3n) is 18.9. The van der Waals surface area contributed by atoms with Gasteiger partial charge in [-0.3, -0.25) is 37.3 Å². The number of carbonyl (C=O) groups is 4. The molecule has 0 fully saturated rings. The van der Waals surface area contributed by atoms with Crippen molar-refractivity contribution in [3.63, 3.8) is 0 Å². The van der Waals surface area contributed by atoms with E-state index in [-0.39, 0.29) is 25.7 Å². The predicted molar refractivity (Wildman–Crippen MR) is 418 cm³/mol. The quantitative estimate of drug-likeness (QED) is 0.0169. The number of hydrogen-bond acceptors (Lipinski definition) is 15. The lowest BCUT2D eigenvalue weighted by molar-refractivity contribution is -0.161. The van der Waals surface area contributed by atoms with E-state index in [4.69, 9.17) is 37.0 Å². The van der Waals surface area contributed by atoms with E-state index in [2.05, 4.69) is 58.9 Å². The van der Waals surface area contributed by atoms with E-state index in [9.17, 15) is 43.2 Å². The molecule has 5 atom stereocenters. The molecular formula is C83H158O17P2. The fourth-order valence-electron chi connectivity index (χ4n) is 12.4. The molecule has 0 heterocycles. The van der Waals surface area contributed by atoms with Crippen LogP contribution in [0.2, 0.25) is 0 Å². The maximum atomic E-state index is 13.1. The number of hydrogen-bond donors (Lipinski definition) is 3.